The largest absolute Gasteiger partial charge is 0.465 e. The van der Waals surface area contributed by atoms with Gasteiger partial charge in [0.1, 0.15) is 6.04 Å². The number of nitrogens with one attached hydrogen (secondary N) is 1. The van der Waals surface area contributed by atoms with Crippen LogP contribution in [-0.2, 0) is 25.6 Å². The van der Waals surface area contributed by atoms with Gasteiger partial charge in [0.2, 0.25) is 5.95 Å². The molecule has 11 heteroatoms. The molecule has 0 aliphatic rings. The monoisotopic (exact) mass is 630 g/mol. The summed E-state index contributed by atoms with van der Waals surface area (Å²) in [5.74, 6) is -0.926. The predicted octanol–water partition coefficient (Wildman–Crippen LogP) is 6.21. The zero-order chi connectivity index (χ0) is 32.9. The van der Waals surface area contributed by atoms with Crippen molar-refractivity contribution in [1.29, 1.82) is 0 Å². The molecule has 3 atom stereocenters. The molecule has 0 aliphatic heterocycles. The molecule has 0 spiro atoms. The number of allylic oxidation sites excluding steroid dienone is 2. The third-order valence-corrected chi connectivity index (χ3v) is 8.37. The van der Waals surface area contributed by atoms with Crippen LogP contribution in [0.2, 0.25) is 0 Å². The number of nitrogen functional groups attached to an aromatic ring is 1. The molecule has 2 rings (SSSR count). The van der Waals surface area contributed by atoms with Crippen LogP contribution >= 0.6 is 0 Å². The Morgan fingerprint density at radius 1 is 0.978 bits per heavy atom. The SMILES string of the molecule is CCCCCCCCCCCC=CCCCCC(=O)OCC(CCOC(=O)[C@@H](N)[C@@H](C)CC)Cn1cnc2c(=O)[nH]c(N)nc21. The topological polar surface area (TPSA) is 168 Å². The number of unbranched alkanes of at least 4 members (excludes halogenated alkanes) is 11. The summed E-state index contributed by atoms with van der Waals surface area (Å²) in [5, 5.41) is 0. The van der Waals surface area contributed by atoms with E-state index < -0.39 is 17.6 Å². The van der Waals surface area contributed by atoms with Crippen molar-refractivity contribution in [1.82, 2.24) is 19.5 Å². The summed E-state index contributed by atoms with van der Waals surface area (Å²) in [4.78, 5) is 47.9. The zero-order valence-corrected chi connectivity index (χ0v) is 27.9. The lowest BCUT2D eigenvalue weighted by Gasteiger charge is -2.20. The number of esters is 2. The van der Waals surface area contributed by atoms with Gasteiger partial charge < -0.3 is 25.5 Å². The van der Waals surface area contributed by atoms with Crippen LogP contribution in [0.1, 0.15) is 124 Å². The van der Waals surface area contributed by atoms with Crippen LogP contribution in [0.3, 0.4) is 0 Å². The summed E-state index contributed by atoms with van der Waals surface area (Å²) >= 11 is 0. The van der Waals surface area contributed by atoms with Gasteiger partial charge in [0.15, 0.2) is 11.2 Å². The van der Waals surface area contributed by atoms with Crippen LogP contribution in [0.4, 0.5) is 5.95 Å². The first-order valence-electron chi connectivity index (χ1n) is 17.2. The number of anilines is 1. The third kappa shape index (κ3) is 15.1. The van der Waals surface area contributed by atoms with E-state index in [0.717, 1.165) is 32.1 Å². The Kier molecular flexibility index (Phi) is 18.8. The fourth-order valence-electron chi connectivity index (χ4n) is 5.14. The molecule has 0 aliphatic carbocycles. The Morgan fingerprint density at radius 2 is 1.62 bits per heavy atom. The van der Waals surface area contributed by atoms with Crippen LogP contribution in [0.15, 0.2) is 23.3 Å². The lowest BCUT2D eigenvalue weighted by Crippen LogP contribution is -2.38. The number of hydrogen-bond donors (Lipinski definition) is 3. The van der Waals surface area contributed by atoms with Crippen molar-refractivity contribution in [2.75, 3.05) is 18.9 Å². The second-order valence-electron chi connectivity index (χ2n) is 12.3. The smallest absolute Gasteiger partial charge is 0.323 e. The van der Waals surface area contributed by atoms with Crippen molar-refractivity contribution >= 4 is 29.1 Å². The second-order valence-corrected chi connectivity index (χ2v) is 12.3. The standard InChI is InChI=1S/C34H58N6O5/c1-4-6-7-8-9-10-11-12-13-14-15-16-17-18-19-20-28(41)45-24-27(21-22-44-33(43)29(35)26(3)5-2)23-40-25-37-30-31(40)38-34(36)39-32(30)42/h15-16,25-27,29H,4-14,17-24,35H2,1-3H3,(H3,36,38,39,42)/t26-,27?,29-/m0/s1. The maximum absolute atomic E-state index is 12.5. The van der Waals surface area contributed by atoms with Crippen molar-refractivity contribution in [3.05, 3.63) is 28.8 Å². The van der Waals surface area contributed by atoms with Gasteiger partial charge in [0.25, 0.3) is 5.56 Å². The summed E-state index contributed by atoms with van der Waals surface area (Å²) in [5.41, 5.74) is 11.8. The highest BCUT2D eigenvalue weighted by Gasteiger charge is 2.22. The van der Waals surface area contributed by atoms with Crippen molar-refractivity contribution < 1.29 is 19.1 Å². The van der Waals surface area contributed by atoms with E-state index in [-0.39, 0.29) is 42.5 Å². The number of fused-ring (bicyclic) bond motifs is 1. The van der Waals surface area contributed by atoms with Gasteiger partial charge in [-0.15, -0.1) is 0 Å². The van der Waals surface area contributed by atoms with E-state index in [1.54, 1.807) is 4.57 Å². The minimum atomic E-state index is -0.687. The Balaban J connectivity index is 1.74. The van der Waals surface area contributed by atoms with Crippen LogP contribution in [-0.4, -0.2) is 50.7 Å². The van der Waals surface area contributed by atoms with Crippen LogP contribution in [0, 0.1) is 11.8 Å². The summed E-state index contributed by atoms with van der Waals surface area (Å²) in [6.45, 7) is 6.74. The molecular formula is C34H58N6O5. The number of nitrogens with zero attached hydrogens (tertiary/aromatic N) is 3. The van der Waals surface area contributed by atoms with Gasteiger partial charge in [0, 0.05) is 18.9 Å². The van der Waals surface area contributed by atoms with E-state index in [9.17, 15) is 14.4 Å². The van der Waals surface area contributed by atoms with Crippen molar-refractivity contribution in [2.24, 2.45) is 17.6 Å². The second kappa shape index (κ2) is 22.3. The minimum absolute atomic E-state index is 0.0106. The van der Waals surface area contributed by atoms with Gasteiger partial charge >= 0.3 is 11.9 Å². The molecule has 0 aromatic carbocycles. The summed E-state index contributed by atoms with van der Waals surface area (Å²) in [7, 11) is 0. The van der Waals surface area contributed by atoms with E-state index in [1.807, 2.05) is 13.8 Å². The van der Waals surface area contributed by atoms with E-state index in [2.05, 4.69) is 34.0 Å². The first kappa shape index (κ1) is 38.0. The fourth-order valence-corrected chi connectivity index (χ4v) is 5.14. The first-order chi connectivity index (χ1) is 21.8. The van der Waals surface area contributed by atoms with Gasteiger partial charge in [-0.1, -0.05) is 90.7 Å². The van der Waals surface area contributed by atoms with E-state index in [0.29, 0.717) is 25.0 Å². The zero-order valence-electron chi connectivity index (χ0n) is 27.9. The molecule has 0 radical (unpaired) electrons. The quantitative estimate of drug-likeness (QED) is 0.0656. The highest BCUT2D eigenvalue weighted by molar-refractivity contribution is 5.75. The van der Waals surface area contributed by atoms with Gasteiger partial charge in [-0.05, 0) is 44.4 Å². The Labute approximate surface area is 268 Å². The Hall–Kier alpha value is -3.21. The number of rotatable bonds is 25. The molecule has 2 aromatic rings. The van der Waals surface area contributed by atoms with Crippen LogP contribution in [0.5, 0.6) is 0 Å². The number of aromatic nitrogens is 4. The number of hydrogen-bond acceptors (Lipinski definition) is 9. The van der Waals surface area contributed by atoms with Crippen LogP contribution in [0.25, 0.3) is 11.2 Å². The Bertz CT molecular complexity index is 1210. The minimum Gasteiger partial charge on any atom is -0.465 e. The number of ether oxygens (including phenoxy) is 2. The molecule has 0 saturated carbocycles. The molecular weight excluding hydrogens is 572 g/mol. The average molecular weight is 631 g/mol. The highest BCUT2D eigenvalue weighted by atomic mass is 16.5. The van der Waals surface area contributed by atoms with Crippen molar-refractivity contribution in [3.8, 4) is 0 Å². The number of aromatic amines is 1. The normalized spacial score (nSPS) is 13.7. The van der Waals surface area contributed by atoms with Crippen LogP contribution < -0.4 is 17.0 Å². The average Bonchev–Trinajstić information content (AvgIpc) is 3.43. The fraction of sp³-hybridized carbons (Fsp3) is 0.735. The maximum atomic E-state index is 12.5. The molecule has 1 unspecified atom stereocenters. The third-order valence-electron chi connectivity index (χ3n) is 8.37. The number of carbonyl (C=O) groups is 2. The number of imidazole rings is 1. The number of carbonyl (C=O) groups excluding carboxylic acids is 2. The maximum Gasteiger partial charge on any atom is 0.323 e. The molecule has 5 N–H and O–H groups in total. The van der Waals surface area contributed by atoms with Gasteiger partial charge in [0.05, 0.1) is 19.5 Å². The molecule has 45 heavy (non-hydrogen) atoms. The Morgan fingerprint density at radius 3 is 2.29 bits per heavy atom. The van der Waals surface area contributed by atoms with E-state index >= 15 is 0 Å². The van der Waals surface area contributed by atoms with E-state index in [1.165, 1.54) is 64.1 Å². The van der Waals surface area contributed by atoms with Gasteiger partial charge in [-0.3, -0.25) is 19.4 Å². The first-order valence-corrected chi connectivity index (χ1v) is 17.2. The predicted molar refractivity (Wildman–Crippen MR) is 179 cm³/mol. The van der Waals surface area contributed by atoms with Gasteiger partial charge in [-0.25, -0.2) is 4.98 Å². The molecule has 254 valence electrons. The molecule has 2 heterocycles. The lowest BCUT2D eigenvalue weighted by molar-refractivity contribution is -0.149. The van der Waals surface area contributed by atoms with Gasteiger partial charge in [-0.2, -0.15) is 4.98 Å². The lowest BCUT2D eigenvalue weighted by atomic mass is 10.0. The molecule has 0 saturated heterocycles. The highest BCUT2D eigenvalue weighted by Crippen LogP contribution is 2.16. The summed E-state index contributed by atoms with van der Waals surface area (Å²) in [6.07, 6.45) is 23.4. The van der Waals surface area contributed by atoms with Crippen molar-refractivity contribution in [3.63, 3.8) is 0 Å². The molecule has 11 nitrogen and oxygen atoms in total. The number of H-pyrrole nitrogens is 1. The molecule has 0 bridgehead atoms. The van der Waals surface area contributed by atoms with Crippen molar-refractivity contribution in [2.45, 2.75) is 136 Å². The molecule has 0 amide bonds. The summed E-state index contributed by atoms with van der Waals surface area (Å²) in [6, 6.07) is -0.687. The molecule has 0 fully saturated rings. The van der Waals surface area contributed by atoms with E-state index in [4.69, 9.17) is 20.9 Å². The molecule has 2 aromatic heterocycles. The summed E-state index contributed by atoms with van der Waals surface area (Å²) < 4.78 is 12.8. The number of nitrogens with two attached hydrogens (primary N) is 2.